The highest BCUT2D eigenvalue weighted by Gasteiger charge is 2.06. The Morgan fingerprint density at radius 1 is 1.35 bits per heavy atom. The second-order valence-corrected chi connectivity index (χ2v) is 3.90. The number of nitrogens with two attached hydrogens (primary N) is 1. The summed E-state index contributed by atoms with van der Waals surface area (Å²) in [6.07, 6.45) is 1.62. The van der Waals surface area contributed by atoms with Gasteiger partial charge in [0.15, 0.2) is 5.82 Å². The number of nitrogens with zero attached hydrogens (tertiary/aromatic N) is 2. The highest BCUT2D eigenvalue weighted by atomic mass is 16.5. The third-order valence-corrected chi connectivity index (χ3v) is 2.46. The zero-order valence-corrected chi connectivity index (χ0v) is 9.97. The lowest BCUT2D eigenvalue weighted by Gasteiger charge is -2.06. The van der Waals surface area contributed by atoms with Crippen LogP contribution in [0.3, 0.4) is 0 Å². The summed E-state index contributed by atoms with van der Waals surface area (Å²) < 4.78 is 5.05. The van der Waals surface area contributed by atoms with Gasteiger partial charge in [-0.1, -0.05) is 23.8 Å². The van der Waals surface area contributed by atoms with Crippen molar-refractivity contribution in [2.75, 3.05) is 12.8 Å². The molecule has 2 N–H and O–H groups in total. The molecule has 1 aromatic heterocycles. The minimum atomic E-state index is 0.396. The van der Waals surface area contributed by atoms with Crippen LogP contribution in [0.1, 0.15) is 11.3 Å². The van der Waals surface area contributed by atoms with Crippen LogP contribution in [-0.2, 0) is 11.3 Å². The van der Waals surface area contributed by atoms with Gasteiger partial charge >= 0.3 is 0 Å². The Balaban J connectivity index is 2.42. The van der Waals surface area contributed by atoms with Crippen LogP contribution >= 0.6 is 0 Å². The van der Waals surface area contributed by atoms with Gasteiger partial charge in [-0.25, -0.2) is 9.97 Å². The van der Waals surface area contributed by atoms with E-state index in [4.69, 9.17) is 10.5 Å². The molecule has 2 rings (SSSR count). The molecule has 0 amide bonds. The molecule has 0 atom stereocenters. The Bertz CT molecular complexity index is 526. The molecule has 1 heterocycles. The standard InChI is InChI=1S/C13H15N3O/c1-9-4-3-5-10(6-9)13-15-7-11(14)12(16-13)8-17-2/h3-7H,8,14H2,1-2H3. The Morgan fingerprint density at radius 3 is 2.88 bits per heavy atom. The first-order chi connectivity index (χ1) is 8.20. The quantitative estimate of drug-likeness (QED) is 0.876. The van der Waals surface area contributed by atoms with Crippen molar-refractivity contribution in [1.29, 1.82) is 0 Å². The van der Waals surface area contributed by atoms with E-state index in [0.29, 0.717) is 18.1 Å². The third kappa shape index (κ3) is 2.60. The highest BCUT2D eigenvalue weighted by molar-refractivity contribution is 5.58. The molecule has 1 aromatic carbocycles. The van der Waals surface area contributed by atoms with Crippen LogP contribution in [0.5, 0.6) is 0 Å². The van der Waals surface area contributed by atoms with E-state index in [0.717, 1.165) is 11.3 Å². The van der Waals surface area contributed by atoms with Gasteiger partial charge in [0.05, 0.1) is 24.2 Å². The zero-order valence-electron chi connectivity index (χ0n) is 9.97. The summed E-state index contributed by atoms with van der Waals surface area (Å²) in [5.41, 5.74) is 9.22. The number of rotatable bonds is 3. The largest absolute Gasteiger partial charge is 0.396 e. The number of benzene rings is 1. The molecule has 0 aliphatic rings. The van der Waals surface area contributed by atoms with Gasteiger partial charge in [0.1, 0.15) is 0 Å². The summed E-state index contributed by atoms with van der Waals surface area (Å²) in [5.74, 6) is 0.676. The van der Waals surface area contributed by atoms with Crippen LogP contribution in [0.2, 0.25) is 0 Å². The fourth-order valence-electron chi connectivity index (χ4n) is 1.60. The molecular formula is C13H15N3O. The lowest BCUT2D eigenvalue weighted by Crippen LogP contribution is -2.02. The number of methoxy groups -OCH3 is 1. The van der Waals surface area contributed by atoms with Crippen LogP contribution in [-0.4, -0.2) is 17.1 Å². The van der Waals surface area contributed by atoms with Crippen molar-refractivity contribution in [2.45, 2.75) is 13.5 Å². The fraction of sp³-hybridized carbons (Fsp3) is 0.231. The van der Waals surface area contributed by atoms with Crippen LogP contribution in [0, 0.1) is 6.92 Å². The predicted octanol–water partition coefficient (Wildman–Crippen LogP) is 2.18. The number of anilines is 1. The molecule has 4 heteroatoms. The van der Waals surface area contributed by atoms with Crippen LogP contribution < -0.4 is 5.73 Å². The second kappa shape index (κ2) is 4.93. The molecule has 0 bridgehead atoms. The molecule has 0 radical (unpaired) electrons. The normalized spacial score (nSPS) is 10.5. The van der Waals surface area contributed by atoms with Gasteiger partial charge in [0.2, 0.25) is 0 Å². The first-order valence-electron chi connectivity index (χ1n) is 5.38. The van der Waals surface area contributed by atoms with Crippen molar-refractivity contribution in [3.05, 3.63) is 41.7 Å². The van der Waals surface area contributed by atoms with Gasteiger partial charge in [-0.2, -0.15) is 0 Å². The summed E-state index contributed by atoms with van der Waals surface area (Å²) in [5, 5.41) is 0. The maximum absolute atomic E-state index is 5.78. The molecule has 4 nitrogen and oxygen atoms in total. The number of hydrogen-bond acceptors (Lipinski definition) is 4. The molecular weight excluding hydrogens is 214 g/mol. The number of hydrogen-bond donors (Lipinski definition) is 1. The van der Waals surface area contributed by atoms with Crippen molar-refractivity contribution in [2.24, 2.45) is 0 Å². The monoisotopic (exact) mass is 229 g/mol. The van der Waals surface area contributed by atoms with Crippen LogP contribution in [0.4, 0.5) is 5.69 Å². The average molecular weight is 229 g/mol. The van der Waals surface area contributed by atoms with Gasteiger partial charge in [-0.15, -0.1) is 0 Å². The molecule has 0 unspecified atom stereocenters. The number of aromatic nitrogens is 2. The molecule has 17 heavy (non-hydrogen) atoms. The lowest BCUT2D eigenvalue weighted by atomic mass is 10.1. The molecule has 2 aromatic rings. The van der Waals surface area contributed by atoms with Crippen molar-refractivity contribution < 1.29 is 4.74 Å². The molecule has 0 aliphatic carbocycles. The SMILES string of the molecule is COCc1nc(-c2cccc(C)c2)ncc1N. The van der Waals surface area contributed by atoms with Gasteiger partial charge < -0.3 is 10.5 Å². The van der Waals surface area contributed by atoms with E-state index in [9.17, 15) is 0 Å². The van der Waals surface area contributed by atoms with Crippen molar-refractivity contribution in [1.82, 2.24) is 9.97 Å². The van der Waals surface area contributed by atoms with Gasteiger partial charge in [-0.05, 0) is 13.0 Å². The summed E-state index contributed by atoms with van der Waals surface area (Å²) >= 11 is 0. The number of ether oxygens (including phenoxy) is 1. The predicted molar refractivity (Wildman–Crippen MR) is 67.3 cm³/mol. The highest BCUT2D eigenvalue weighted by Crippen LogP contribution is 2.18. The maximum Gasteiger partial charge on any atom is 0.159 e. The second-order valence-electron chi connectivity index (χ2n) is 3.90. The van der Waals surface area contributed by atoms with Gasteiger partial charge in [0.25, 0.3) is 0 Å². The molecule has 0 spiro atoms. The van der Waals surface area contributed by atoms with Crippen LogP contribution in [0.25, 0.3) is 11.4 Å². The Kier molecular flexibility index (Phi) is 3.35. The van der Waals surface area contributed by atoms with Gasteiger partial charge in [-0.3, -0.25) is 0 Å². The lowest BCUT2D eigenvalue weighted by molar-refractivity contribution is 0.182. The van der Waals surface area contributed by atoms with Crippen molar-refractivity contribution in [3.63, 3.8) is 0 Å². The first-order valence-corrected chi connectivity index (χ1v) is 5.38. The minimum Gasteiger partial charge on any atom is -0.396 e. The molecule has 88 valence electrons. The zero-order chi connectivity index (χ0) is 12.3. The van der Waals surface area contributed by atoms with E-state index >= 15 is 0 Å². The van der Waals surface area contributed by atoms with Crippen molar-refractivity contribution >= 4 is 5.69 Å². The topological polar surface area (TPSA) is 61.0 Å². The molecule has 0 saturated heterocycles. The summed E-state index contributed by atoms with van der Waals surface area (Å²) in [4.78, 5) is 8.65. The minimum absolute atomic E-state index is 0.396. The first kappa shape index (κ1) is 11.5. The van der Waals surface area contributed by atoms with E-state index < -0.39 is 0 Å². The molecule has 0 aliphatic heterocycles. The summed E-state index contributed by atoms with van der Waals surface area (Å²) in [7, 11) is 1.62. The number of aryl methyl sites for hydroxylation is 1. The van der Waals surface area contributed by atoms with E-state index in [1.165, 1.54) is 5.56 Å². The Labute approximate surface area is 100 Å². The Morgan fingerprint density at radius 2 is 2.18 bits per heavy atom. The molecule has 0 fully saturated rings. The molecule has 0 saturated carbocycles. The fourth-order valence-corrected chi connectivity index (χ4v) is 1.60. The third-order valence-electron chi connectivity index (χ3n) is 2.46. The van der Waals surface area contributed by atoms with Gasteiger partial charge in [0, 0.05) is 12.7 Å². The smallest absolute Gasteiger partial charge is 0.159 e. The average Bonchev–Trinajstić information content (AvgIpc) is 2.32. The maximum atomic E-state index is 5.78. The Hall–Kier alpha value is -1.94. The van der Waals surface area contributed by atoms with Crippen molar-refractivity contribution in [3.8, 4) is 11.4 Å². The van der Waals surface area contributed by atoms with E-state index in [1.807, 2.05) is 31.2 Å². The summed E-state index contributed by atoms with van der Waals surface area (Å²) in [6.45, 7) is 2.43. The summed E-state index contributed by atoms with van der Waals surface area (Å²) in [6, 6.07) is 8.05. The van der Waals surface area contributed by atoms with E-state index in [1.54, 1.807) is 13.3 Å². The van der Waals surface area contributed by atoms with Crippen LogP contribution in [0.15, 0.2) is 30.5 Å². The number of nitrogen functional groups attached to an aromatic ring is 1. The van der Waals surface area contributed by atoms with E-state index in [2.05, 4.69) is 9.97 Å². The van der Waals surface area contributed by atoms with E-state index in [-0.39, 0.29) is 0 Å².